The lowest BCUT2D eigenvalue weighted by Crippen LogP contribution is -2.23. The lowest BCUT2D eigenvalue weighted by molar-refractivity contribution is 0.265. The van der Waals surface area contributed by atoms with Crippen LogP contribution < -0.4 is 5.10 Å². The van der Waals surface area contributed by atoms with Crippen molar-refractivity contribution in [3.63, 3.8) is 0 Å². The second-order valence-electron chi connectivity index (χ2n) is 1.96. The standard InChI is InChI=1S/C5H10N2/c1-5-3-4-6-7(5)2/h4-5H,3H2,1-2H3/q+1. The van der Waals surface area contributed by atoms with Crippen LogP contribution in [0.3, 0.4) is 0 Å². The van der Waals surface area contributed by atoms with Crippen molar-refractivity contribution in [3.8, 4) is 0 Å². The van der Waals surface area contributed by atoms with Gasteiger partial charge in [-0.3, -0.25) is 0 Å². The quantitative estimate of drug-likeness (QED) is 0.418. The summed E-state index contributed by atoms with van der Waals surface area (Å²) in [6, 6.07) is 0.625. The third-order valence-corrected chi connectivity index (χ3v) is 1.35. The largest absolute Gasteiger partial charge is 0.254 e. The maximum absolute atomic E-state index is 4.03. The topological polar surface area (TPSA) is 17.3 Å². The molecule has 0 bridgehead atoms. The second kappa shape index (κ2) is 1.52. The van der Waals surface area contributed by atoms with Crippen molar-refractivity contribution in [1.82, 2.24) is 10.1 Å². The van der Waals surface area contributed by atoms with Crippen LogP contribution in [-0.2, 0) is 0 Å². The lowest BCUT2D eigenvalue weighted by atomic mass is 10.3. The van der Waals surface area contributed by atoms with Gasteiger partial charge in [0.2, 0.25) is 0 Å². The molecule has 7 heavy (non-hydrogen) atoms. The van der Waals surface area contributed by atoms with E-state index in [4.69, 9.17) is 0 Å². The summed E-state index contributed by atoms with van der Waals surface area (Å²) in [6.07, 6.45) is 3.06. The van der Waals surface area contributed by atoms with E-state index in [-0.39, 0.29) is 0 Å². The van der Waals surface area contributed by atoms with Gasteiger partial charge in [-0.2, -0.15) is 0 Å². The van der Waals surface area contributed by atoms with Crippen LogP contribution in [0.1, 0.15) is 13.3 Å². The van der Waals surface area contributed by atoms with Gasteiger partial charge in [0, 0.05) is 0 Å². The Labute approximate surface area is 43.8 Å². The van der Waals surface area contributed by atoms with Gasteiger partial charge in [0.05, 0.1) is 19.5 Å². The number of nitrogens with zero attached hydrogens (tertiary/aromatic N) is 2. The van der Waals surface area contributed by atoms with Crippen LogP contribution >= 0.6 is 0 Å². The fourth-order valence-electron chi connectivity index (χ4n) is 0.595. The Balaban J connectivity index is 2.45. The summed E-state index contributed by atoms with van der Waals surface area (Å²) in [6.45, 7) is 2.16. The molecule has 0 aromatic heterocycles. The van der Waals surface area contributed by atoms with Gasteiger partial charge in [-0.1, -0.05) is 0 Å². The first-order valence-electron chi connectivity index (χ1n) is 2.56. The molecule has 1 unspecified atom stereocenters. The molecule has 39 valence electrons. The zero-order valence-corrected chi connectivity index (χ0v) is 4.76. The van der Waals surface area contributed by atoms with Gasteiger partial charge < -0.3 is 0 Å². The fourth-order valence-corrected chi connectivity index (χ4v) is 0.595. The average Bonchev–Trinajstić information content (AvgIpc) is 1.91. The van der Waals surface area contributed by atoms with E-state index in [1.807, 2.05) is 18.3 Å². The van der Waals surface area contributed by atoms with Gasteiger partial charge in [0.15, 0.2) is 5.10 Å². The summed E-state index contributed by atoms with van der Waals surface area (Å²) in [5.74, 6) is 0. The van der Waals surface area contributed by atoms with Gasteiger partial charge in [-0.05, 0) is 6.92 Å². The summed E-state index contributed by atoms with van der Waals surface area (Å²) < 4.78 is 0. The molecule has 0 aromatic carbocycles. The highest BCUT2D eigenvalue weighted by atomic mass is 15.5. The molecule has 0 aromatic rings. The summed E-state index contributed by atoms with van der Waals surface area (Å²) in [5, 5.41) is 6.00. The monoisotopic (exact) mass is 98.1 g/mol. The van der Waals surface area contributed by atoms with E-state index in [1.54, 1.807) is 0 Å². The molecular weight excluding hydrogens is 88.1 g/mol. The molecule has 2 nitrogen and oxygen atoms in total. The van der Waals surface area contributed by atoms with Crippen molar-refractivity contribution in [2.45, 2.75) is 19.4 Å². The predicted octanol–water partition coefficient (Wildman–Crippen LogP) is 0.0320. The highest BCUT2D eigenvalue weighted by Crippen LogP contribution is 1.98. The SMILES string of the molecule is CC1CC=[N+]N1C. The highest BCUT2D eigenvalue weighted by Gasteiger charge is 2.20. The molecule has 1 aliphatic rings. The fraction of sp³-hybridized carbons (Fsp3) is 0.800. The maximum atomic E-state index is 4.03. The molecule has 1 heterocycles. The van der Waals surface area contributed by atoms with Gasteiger partial charge >= 0.3 is 0 Å². The Morgan fingerprint density at radius 1 is 1.86 bits per heavy atom. The Hall–Kier alpha value is -0.530. The van der Waals surface area contributed by atoms with Gasteiger partial charge in [0.25, 0.3) is 6.21 Å². The van der Waals surface area contributed by atoms with Gasteiger partial charge in [0.1, 0.15) is 0 Å². The van der Waals surface area contributed by atoms with Crippen molar-refractivity contribution in [1.29, 1.82) is 0 Å². The number of rotatable bonds is 0. The van der Waals surface area contributed by atoms with Crippen LogP contribution in [0.15, 0.2) is 0 Å². The van der Waals surface area contributed by atoms with Crippen molar-refractivity contribution in [3.05, 3.63) is 0 Å². The number of hydrogen-bond donors (Lipinski definition) is 0. The van der Waals surface area contributed by atoms with Crippen molar-refractivity contribution in [2.24, 2.45) is 0 Å². The molecule has 0 saturated heterocycles. The minimum absolute atomic E-state index is 0.625. The molecule has 0 spiro atoms. The van der Waals surface area contributed by atoms with Crippen molar-refractivity contribution >= 4 is 6.21 Å². The second-order valence-corrected chi connectivity index (χ2v) is 1.96. The third kappa shape index (κ3) is 0.734. The smallest absolute Gasteiger partial charge is 0.122 e. The number of hydrazone groups is 1. The lowest BCUT2D eigenvalue weighted by Gasteiger charge is -1.99. The van der Waals surface area contributed by atoms with E-state index < -0.39 is 0 Å². The molecule has 0 saturated carbocycles. The maximum Gasteiger partial charge on any atom is 0.254 e. The minimum atomic E-state index is 0.625. The Morgan fingerprint density at radius 3 is 2.71 bits per heavy atom. The normalized spacial score (nSPS) is 29.4. The molecule has 2 heteroatoms. The molecule has 0 aliphatic carbocycles. The molecule has 0 N–H and O–H groups in total. The van der Waals surface area contributed by atoms with Crippen LogP contribution in [0, 0.1) is 0 Å². The van der Waals surface area contributed by atoms with E-state index in [2.05, 4.69) is 12.0 Å². The van der Waals surface area contributed by atoms with Crippen LogP contribution in [0.4, 0.5) is 0 Å². The molecule has 1 aliphatic heterocycles. The predicted molar refractivity (Wildman–Crippen MR) is 30.0 cm³/mol. The Kier molecular flexibility index (Phi) is 1.01. The van der Waals surface area contributed by atoms with Gasteiger partial charge in [-0.25, -0.2) is 0 Å². The molecule has 0 fully saturated rings. The first-order valence-corrected chi connectivity index (χ1v) is 2.56. The first kappa shape index (κ1) is 4.62. The zero-order valence-electron chi connectivity index (χ0n) is 4.76. The average molecular weight is 98.1 g/mol. The molecule has 1 atom stereocenters. The van der Waals surface area contributed by atoms with E-state index >= 15 is 0 Å². The highest BCUT2D eigenvalue weighted by molar-refractivity contribution is 5.58. The summed E-state index contributed by atoms with van der Waals surface area (Å²) in [5.41, 5.74) is 0. The number of hydrogen-bond acceptors (Lipinski definition) is 2. The van der Waals surface area contributed by atoms with Crippen molar-refractivity contribution in [2.75, 3.05) is 7.05 Å². The van der Waals surface area contributed by atoms with Crippen LogP contribution in [-0.4, -0.2) is 24.3 Å². The van der Waals surface area contributed by atoms with Crippen LogP contribution in [0.2, 0.25) is 0 Å². The van der Waals surface area contributed by atoms with Gasteiger partial charge in [-0.15, -0.1) is 5.01 Å². The first-order chi connectivity index (χ1) is 3.30. The summed E-state index contributed by atoms with van der Waals surface area (Å²) in [7, 11) is 1.99. The zero-order chi connectivity index (χ0) is 5.28. The van der Waals surface area contributed by atoms with Crippen molar-refractivity contribution < 1.29 is 0 Å². The molecule has 0 amide bonds. The Morgan fingerprint density at radius 2 is 2.57 bits per heavy atom. The summed E-state index contributed by atoms with van der Waals surface area (Å²) in [4.78, 5) is 0. The van der Waals surface area contributed by atoms with E-state index in [0.717, 1.165) is 6.42 Å². The molecule has 1 rings (SSSR count). The van der Waals surface area contributed by atoms with E-state index in [0.29, 0.717) is 6.04 Å². The summed E-state index contributed by atoms with van der Waals surface area (Å²) >= 11 is 0. The molecule has 1 radical (unpaired) electrons. The van der Waals surface area contributed by atoms with Crippen LogP contribution in [0.25, 0.3) is 0 Å². The van der Waals surface area contributed by atoms with E-state index in [9.17, 15) is 0 Å². The molecular formula is C5H10N2+. The third-order valence-electron chi connectivity index (χ3n) is 1.35. The minimum Gasteiger partial charge on any atom is -0.122 e. The van der Waals surface area contributed by atoms with E-state index in [1.165, 1.54) is 0 Å². The van der Waals surface area contributed by atoms with Crippen LogP contribution in [0.5, 0.6) is 0 Å². The Bertz CT molecular complexity index is 88.1.